The van der Waals surface area contributed by atoms with Crippen LogP contribution in [0.3, 0.4) is 0 Å². The van der Waals surface area contributed by atoms with Crippen LogP contribution in [-0.4, -0.2) is 30.4 Å². The van der Waals surface area contributed by atoms with E-state index in [0.717, 1.165) is 32.4 Å². The van der Waals surface area contributed by atoms with Crippen LogP contribution in [0.5, 0.6) is 0 Å². The second-order valence-corrected chi connectivity index (χ2v) is 6.91. The van der Waals surface area contributed by atoms with Gasteiger partial charge in [0, 0.05) is 19.0 Å². The molecule has 2 unspecified atom stereocenters. The zero-order valence-electron chi connectivity index (χ0n) is 12.0. The molecule has 2 rings (SSSR count). The minimum absolute atomic E-state index is 0.206. The van der Waals surface area contributed by atoms with Gasteiger partial charge in [0.25, 0.3) is 0 Å². The number of hydrogen-bond acceptors (Lipinski definition) is 2. The van der Waals surface area contributed by atoms with Crippen molar-refractivity contribution in [3.8, 4) is 0 Å². The molecule has 0 spiro atoms. The van der Waals surface area contributed by atoms with Crippen LogP contribution in [0.25, 0.3) is 0 Å². The second kappa shape index (κ2) is 5.60. The lowest BCUT2D eigenvalue weighted by Crippen LogP contribution is -2.48. The maximum atomic E-state index is 12.7. The highest BCUT2D eigenvalue weighted by Crippen LogP contribution is 2.34. The van der Waals surface area contributed by atoms with Crippen molar-refractivity contribution in [1.82, 2.24) is 4.90 Å². The Hall–Kier alpha value is -0.570. The highest BCUT2D eigenvalue weighted by Gasteiger charge is 2.36. The molecule has 0 aromatic carbocycles. The lowest BCUT2D eigenvalue weighted by molar-refractivity contribution is -0.141. The highest BCUT2D eigenvalue weighted by molar-refractivity contribution is 5.79. The van der Waals surface area contributed by atoms with Gasteiger partial charge in [-0.2, -0.15) is 0 Å². The van der Waals surface area contributed by atoms with Crippen molar-refractivity contribution < 1.29 is 4.79 Å². The van der Waals surface area contributed by atoms with Crippen LogP contribution in [-0.2, 0) is 4.79 Å². The van der Waals surface area contributed by atoms with Gasteiger partial charge >= 0.3 is 0 Å². The lowest BCUT2D eigenvalue weighted by Gasteiger charge is -2.41. The van der Waals surface area contributed by atoms with Crippen molar-refractivity contribution in [2.45, 2.75) is 52.4 Å². The summed E-state index contributed by atoms with van der Waals surface area (Å²) in [5, 5.41) is 0. The smallest absolute Gasteiger partial charge is 0.226 e. The highest BCUT2D eigenvalue weighted by atomic mass is 16.2. The number of amides is 1. The van der Waals surface area contributed by atoms with Crippen LogP contribution in [0.2, 0.25) is 0 Å². The summed E-state index contributed by atoms with van der Waals surface area (Å²) >= 11 is 0. The Morgan fingerprint density at radius 1 is 1.28 bits per heavy atom. The normalized spacial score (nSPS) is 32.3. The van der Waals surface area contributed by atoms with E-state index in [4.69, 9.17) is 5.73 Å². The third kappa shape index (κ3) is 3.05. The van der Waals surface area contributed by atoms with E-state index < -0.39 is 0 Å². The quantitative estimate of drug-likeness (QED) is 0.820. The molecular weight excluding hydrogens is 224 g/mol. The van der Waals surface area contributed by atoms with Gasteiger partial charge in [-0.05, 0) is 43.6 Å². The molecule has 2 atom stereocenters. The van der Waals surface area contributed by atoms with Gasteiger partial charge in [-0.15, -0.1) is 0 Å². The maximum Gasteiger partial charge on any atom is 0.226 e. The van der Waals surface area contributed by atoms with E-state index in [1.807, 2.05) is 0 Å². The molecule has 2 aliphatic rings. The Bertz CT molecular complexity index is 301. The Balaban J connectivity index is 2.01. The Morgan fingerprint density at radius 2 is 2.00 bits per heavy atom. The molecule has 1 aliphatic heterocycles. The average Bonchev–Trinajstić information content (AvgIpc) is 2.36. The van der Waals surface area contributed by atoms with Crippen LogP contribution in [0, 0.1) is 17.3 Å². The summed E-state index contributed by atoms with van der Waals surface area (Å²) < 4.78 is 0. The Labute approximate surface area is 111 Å². The van der Waals surface area contributed by atoms with Gasteiger partial charge in [-0.1, -0.05) is 26.7 Å². The molecule has 1 heterocycles. The molecule has 1 amide bonds. The third-order valence-corrected chi connectivity index (χ3v) is 4.74. The number of nitrogens with two attached hydrogens (primary N) is 1. The number of carbonyl (C=O) groups is 1. The molecule has 0 bridgehead atoms. The van der Waals surface area contributed by atoms with Crippen LogP contribution >= 0.6 is 0 Å². The zero-order chi connectivity index (χ0) is 13.2. The summed E-state index contributed by atoms with van der Waals surface area (Å²) in [6, 6.07) is 0. The number of hydrogen-bond donors (Lipinski definition) is 1. The summed E-state index contributed by atoms with van der Waals surface area (Å²) in [4.78, 5) is 14.8. The van der Waals surface area contributed by atoms with Crippen molar-refractivity contribution >= 4 is 5.91 Å². The van der Waals surface area contributed by atoms with E-state index in [1.165, 1.54) is 19.3 Å². The van der Waals surface area contributed by atoms with E-state index in [-0.39, 0.29) is 5.92 Å². The topological polar surface area (TPSA) is 46.3 Å². The largest absolute Gasteiger partial charge is 0.342 e. The van der Waals surface area contributed by atoms with Gasteiger partial charge in [-0.25, -0.2) is 0 Å². The Morgan fingerprint density at radius 3 is 2.67 bits per heavy atom. The number of carbonyl (C=O) groups excluding carboxylic acids is 1. The summed E-state index contributed by atoms with van der Waals surface area (Å²) in [5.74, 6) is 1.02. The fourth-order valence-corrected chi connectivity index (χ4v) is 3.66. The molecule has 1 saturated carbocycles. The van der Waals surface area contributed by atoms with Crippen LogP contribution in [0.15, 0.2) is 0 Å². The van der Waals surface area contributed by atoms with Gasteiger partial charge in [0.15, 0.2) is 0 Å². The summed E-state index contributed by atoms with van der Waals surface area (Å²) in [6.45, 7) is 7.10. The van der Waals surface area contributed by atoms with Gasteiger partial charge < -0.3 is 10.6 Å². The average molecular weight is 252 g/mol. The van der Waals surface area contributed by atoms with E-state index in [0.29, 0.717) is 23.8 Å². The predicted molar refractivity (Wildman–Crippen MR) is 74.1 cm³/mol. The minimum atomic E-state index is 0.206. The first kappa shape index (κ1) is 13.9. The van der Waals surface area contributed by atoms with Gasteiger partial charge in [0.1, 0.15) is 0 Å². The molecule has 0 radical (unpaired) electrons. The molecule has 1 saturated heterocycles. The monoisotopic (exact) mass is 252 g/mol. The molecule has 0 aromatic rings. The fraction of sp³-hybridized carbons (Fsp3) is 0.933. The van der Waals surface area contributed by atoms with Crippen molar-refractivity contribution in [1.29, 1.82) is 0 Å². The van der Waals surface area contributed by atoms with Crippen LogP contribution in [0.1, 0.15) is 52.4 Å². The zero-order valence-corrected chi connectivity index (χ0v) is 12.0. The first-order chi connectivity index (χ1) is 8.53. The molecule has 2 fully saturated rings. The van der Waals surface area contributed by atoms with Gasteiger partial charge in [-0.3, -0.25) is 4.79 Å². The first-order valence-electron chi connectivity index (χ1n) is 7.52. The summed E-state index contributed by atoms with van der Waals surface area (Å²) in [6.07, 6.45) is 7.03. The van der Waals surface area contributed by atoms with E-state index in [2.05, 4.69) is 18.7 Å². The molecule has 0 aromatic heterocycles. The molecule has 3 nitrogen and oxygen atoms in total. The van der Waals surface area contributed by atoms with Crippen molar-refractivity contribution in [2.75, 3.05) is 19.6 Å². The van der Waals surface area contributed by atoms with E-state index in [9.17, 15) is 4.79 Å². The maximum absolute atomic E-state index is 12.7. The molecule has 1 aliphatic carbocycles. The number of piperidine rings is 1. The van der Waals surface area contributed by atoms with Crippen molar-refractivity contribution in [2.24, 2.45) is 23.0 Å². The molecule has 3 heteroatoms. The van der Waals surface area contributed by atoms with E-state index in [1.54, 1.807) is 0 Å². The molecule has 104 valence electrons. The fourth-order valence-electron chi connectivity index (χ4n) is 3.66. The third-order valence-electron chi connectivity index (χ3n) is 4.74. The van der Waals surface area contributed by atoms with Crippen molar-refractivity contribution in [3.05, 3.63) is 0 Å². The Kier molecular flexibility index (Phi) is 4.31. The minimum Gasteiger partial charge on any atom is -0.342 e. The molecular formula is C15H28N2O. The lowest BCUT2D eigenvalue weighted by atomic mass is 9.77. The van der Waals surface area contributed by atoms with E-state index >= 15 is 0 Å². The van der Waals surface area contributed by atoms with Gasteiger partial charge in [0.05, 0.1) is 0 Å². The summed E-state index contributed by atoms with van der Waals surface area (Å²) in [5.41, 5.74) is 6.14. The second-order valence-electron chi connectivity index (χ2n) is 6.91. The van der Waals surface area contributed by atoms with Crippen LogP contribution < -0.4 is 5.73 Å². The number of rotatable bonds is 2. The predicted octanol–water partition coefficient (Wildman–Crippen LogP) is 2.40. The molecule has 2 N–H and O–H groups in total. The van der Waals surface area contributed by atoms with Gasteiger partial charge in [0.2, 0.25) is 5.91 Å². The first-order valence-corrected chi connectivity index (χ1v) is 7.52. The molecule has 18 heavy (non-hydrogen) atoms. The SMILES string of the molecule is CC1(C)CCCN(C(=O)C2CCCCC2CN)C1. The van der Waals surface area contributed by atoms with Crippen molar-refractivity contribution in [3.63, 3.8) is 0 Å². The number of likely N-dealkylation sites (tertiary alicyclic amines) is 1. The van der Waals surface area contributed by atoms with Crippen LogP contribution in [0.4, 0.5) is 0 Å². The summed E-state index contributed by atoms with van der Waals surface area (Å²) in [7, 11) is 0. The standard InChI is InChI=1S/C15H28N2O/c1-15(2)8-5-9-17(11-15)14(18)13-7-4-3-6-12(13)10-16/h12-13H,3-11,16H2,1-2H3. The number of nitrogens with zero attached hydrogens (tertiary/aromatic N) is 1.